The van der Waals surface area contributed by atoms with Gasteiger partial charge in [0.05, 0.1) is 12.9 Å². The maximum atomic E-state index is 12.4. The van der Waals surface area contributed by atoms with Crippen LogP contribution in [0.2, 0.25) is 0 Å². The molecular formula is C15H15BrN2O2. The summed E-state index contributed by atoms with van der Waals surface area (Å²) >= 11 is 3.12. The Kier molecular flexibility index (Phi) is 4.18. The maximum Gasteiger partial charge on any atom is 0.268 e. The number of hydrogen-bond donors (Lipinski definition) is 0. The quantitative estimate of drug-likeness (QED) is 0.811. The van der Waals surface area contributed by atoms with Crippen LogP contribution in [0.5, 0.6) is 0 Å². The zero-order valence-electron chi connectivity index (χ0n) is 11.6. The molecule has 1 heterocycles. The van der Waals surface area contributed by atoms with E-state index in [-0.39, 0.29) is 17.9 Å². The van der Waals surface area contributed by atoms with E-state index in [0.29, 0.717) is 10.0 Å². The fourth-order valence-electron chi connectivity index (χ4n) is 2.39. The topological polar surface area (TPSA) is 52.0 Å². The van der Waals surface area contributed by atoms with Gasteiger partial charge in [-0.2, -0.15) is 0 Å². The standard InChI is InChI=1S/C15H15BrN2O2/c1-9-4-10(2)14(11(3)5-9)13(19)7-18-8-17-6-12(16)15(18)20/h4-6,8H,7H2,1-3H3. The minimum absolute atomic E-state index is 0.00395. The Balaban J connectivity index is 2.39. The fraction of sp³-hybridized carbons (Fsp3) is 0.267. The minimum atomic E-state index is -0.254. The van der Waals surface area contributed by atoms with Crippen LogP contribution in [-0.2, 0) is 6.54 Å². The average molecular weight is 335 g/mol. The van der Waals surface area contributed by atoms with Crippen LogP contribution in [0.4, 0.5) is 0 Å². The molecule has 2 aromatic rings. The average Bonchev–Trinajstić information content (AvgIpc) is 2.33. The summed E-state index contributed by atoms with van der Waals surface area (Å²) in [6.07, 6.45) is 2.80. The van der Waals surface area contributed by atoms with Gasteiger partial charge in [-0.1, -0.05) is 17.7 Å². The van der Waals surface area contributed by atoms with Crippen molar-refractivity contribution in [2.45, 2.75) is 27.3 Å². The number of carbonyl (C=O) groups excluding carboxylic acids is 1. The van der Waals surface area contributed by atoms with Gasteiger partial charge in [0.15, 0.2) is 5.78 Å². The van der Waals surface area contributed by atoms with Crippen molar-refractivity contribution in [3.8, 4) is 0 Å². The Labute approximate surface area is 125 Å². The molecule has 20 heavy (non-hydrogen) atoms. The molecule has 0 unspecified atom stereocenters. The smallest absolute Gasteiger partial charge is 0.268 e. The normalized spacial score (nSPS) is 10.6. The van der Waals surface area contributed by atoms with E-state index in [2.05, 4.69) is 20.9 Å². The number of aromatic nitrogens is 2. The Morgan fingerprint density at radius 2 is 1.85 bits per heavy atom. The van der Waals surface area contributed by atoms with Crippen LogP contribution in [-0.4, -0.2) is 15.3 Å². The van der Waals surface area contributed by atoms with E-state index < -0.39 is 0 Å². The lowest BCUT2D eigenvalue weighted by atomic mass is 9.96. The van der Waals surface area contributed by atoms with Gasteiger partial charge in [-0.25, -0.2) is 4.98 Å². The molecule has 0 aliphatic heterocycles. The predicted molar refractivity (Wildman–Crippen MR) is 81.2 cm³/mol. The zero-order valence-corrected chi connectivity index (χ0v) is 13.2. The highest BCUT2D eigenvalue weighted by molar-refractivity contribution is 9.10. The summed E-state index contributed by atoms with van der Waals surface area (Å²) in [5, 5.41) is 0. The first-order chi connectivity index (χ1) is 9.40. The minimum Gasteiger partial charge on any atom is -0.292 e. The fourth-order valence-corrected chi connectivity index (χ4v) is 2.74. The molecule has 0 radical (unpaired) electrons. The predicted octanol–water partition coefficient (Wildman–Crippen LogP) is 2.81. The molecule has 0 spiro atoms. The van der Waals surface area contributed by atoms with E-state index in [9.17, 15) is 9.59 Å². The van der Waals surface area contributed by atoms with Crippen LogP contribution < -0.4 is 5.56 Å². The molecule has 0 saturated heterocycles. The van der Waals surface area contributed by atoms with E-state index >= 15 is 0 Å². The number of nitrogens with zero attached hydrogens (tertiary/aromatic N) is 2. The van der Waals surface area contributed by atoms with Crippen molar-refractivity contribution in [1.29, 1.82) is 0 Å². The van der Waals surface area contributed by atoms with Gasteiger partial charge in [0.1, 0.15) is 4.47 Å². The highest BCUT2D eigenvalue weighted by atomic mass is 79.9. The molecule has 0 aliphatic rings. The Bertz CT molecular complexity index is 712. The van der Waals surface area contributed by atoms with Crippen LogP contribution in [0.1, 0.15) is 27.0 Å². The van der Waals surface area contributed by atoms with E-state index in [1.54, 1.807) is 0 Å². The second-order valence-electron chi connectivity index (χ2n) is 4.87. The van der Waals surface area contributed by atoms with Crippen molar-refractivity contribution in [2.24, 2.45) is 0 Å². The lowest BCUT2D eigenvalue weighted by Crippen LogP contribution is -2.25. The molecule has 1 aromatic carbocycles. The summed E-state index contributed by atoms with van der Waals surface area (Å²) in [5.74, 6) is -0.0815. The number of hydrogen-bond acceptors (Lipinski definition) is 3. The highest BCUT2D eigenvalue weighted by Crippen LogP contribution is 2.17. The molecule has 0 saturated carbocycles. The van der Waals surface area contributed by atoms with E-state index in [1.165, 1.54) is 17.1 Å². The third kappa shape index (κ3) is 2.88. The number of carbonyl (C=O) groups is 1. The third-order valence-electron chi connectivity index (χ3n) is 3.13. The monoisotopic (exact) mass is 334 g/mol. The van der Waals surface area contributed by atoms with Crippen LogP contribution >= 0.6 is 15.9 Å². The van der Waals surface area contributed by atoms with E-state index in [0.717, 1.165) is 16.7 Å². The molecule has 2 rings (SSSR count). The number of rotatable bonds is 3. The van der Waals surface area contributed by atoms with Gasteiger partial charge in [-0.3, -0.25) is 14.2 Å². The number of ketones is 1. The van der Waals surface area contributed by atoms with Gasteiger partial charge in [0.25, 0.3) is 5.56 Å². The number of Topliss-reactive ketones (excluding diaryl/α,β-unsaturated/α-hetero) is 1. The summed E-state index contributed by atoms with van der Waals surface area (Å²) in [6.45, 7) is 5.82. The van der Waals surface area contributed by atoms with Crippen LogP contribution in [0.15, 0.2) is 33.9 Å². The Morgan fingerprint density at radius 3 is 2.45 bits per heavy atom. The second-order valence-corrected chi connectivity index (χ2v) is 5.73. The van der Waals surface area contributed by atoms with Crippen molar-refractivity contribution >= 4 is 21.7 Å². The maximum absolute atomic E-state index is 12.4. The van der Waals surface area contributed by atoms with Crippen molar-refractivity contribution in [3.05, 3.63) is 61.7 Å². The molecule has 104 valence electrons. The van der Waals surface area contributed by atoms with Crippen LogP contribution in [0.25, 0.3) is 0 Å². The van der Waals surface area contributed by atoms with Crippen molar-refractivity contribution in [2.75, 3.05) is 0 Å². The van der Waals surface area contributed by atoms with Gasteiger partial charge >= 0.3 is 0 Å². The second kappa shape index (κ2) is 5.71. The van der Waals surface area contributed by atoms with Gasteiger partial charge in [0, 0.05) is 11.8 Å². The van der Waals surface area contributed by atoms with Crippen LogP contribution in [0.3, 0.4) is 0 Å². The first-order valence-corrected chi connectivity index (χ1v) is 7.00. The molecule has 0 bridgehead atoms. The van der Waals surface area contributed by atoms with Gasteiger partial charge in [-0.05, 0) is 47.8 Å². The van der Waals surface area contributed by atoms with Crippen LogP contribution in [0, 0.1) is 20.8 Å². The number of aryl methyl sites for hydroxylation is 3. The molecule has 5 heteroatoms. The van der Waals surface area contributed by atoms with Crippen molar-refractivity contribution in [3.63, 3.8) is 0 Å². The zero-order chi connectivity index (χ0) is 14.9. The summed E-state index contributed by atoms with van der Waals surface area (Å²) < 4.78 is 1.66. The molecule has 4 nitrogen and oxygen atoms in total. The third-order valence-corrected chi connectivity index (χ3v) is 3.67. The Morgan fingerprint density at radius 1 is 1.25 bits per heavy atom. The summed E-state index contributed by atoms with van der Waals surface area (Å²) in [7, 11) is 0. The molecular weight excluding hydrogens is 320 g/mol. The molecule has 0 amide bonds. The van der Waals surface area contributed by atoms with Crippen molar-refractivity contribution in [1.82, 2.24) is 9.55 Å². The number of benzene rings is 1. The molecule has 0 aliphatic carbocycles. The molecule has 0 N–H and O–H groups in total. The lowest BCUT2D eigenvalue weighted by Gasteiger charge is -2.11. The van der Waals surface area contributed by atoms with Gasteiger partial charge in [-0.15, -0.1) is 0 Å². The SMILES string of the molecule is Cc1cc(C)c(C(=O)Cn2cncc(Br)c2=O)c(C)c1. The largest absolute Gasteiger partial charge is 0.292 e. The first kappa shape index (κ1) is 14.7. The lowest BCUT2D eigenvalue weighted by molar-refractivity contribution is 0.0969. The molecule has 0 fully saturated rings. The summed E-state index contributed by atoms with van der Waals surface area (Å²) in [4.78, 5) is 28.2. The summed E-state index contributed by atoms with van der Waals surface area (Å²) in [6, 6.07) is 3.95. The van der Waals surface area contributed by atoms with E-state index in [4.69, 9.17) is 0 Å². The molecule has 0 atom stereocenters. The highest BCUT2D eigenvalue weighted by Gasteiger charge is 2.14. The van der Waals surface area contributed by atoms with Gasteiger partial charge in [0.2, 0.25) is 0 Å². The summed E-state index contributed by atoms with van der Waals surface area (Å²) in [5.41, 5.74) is 3.42. The number of halogens is 1. The van der Waals surface area contributed by atoms with Crippen molar-refractivity contribution < 1.29 is 4.79 Å². The van der Waals surface area contributed by atoms with E-state index in [1.807, 2.05) is 32.9 Å². The first-order valence-electron chi connectivity index (χ1n) is 6.21. The van der Waals surface area contributed by atoms with Gasteiger partial charge < -0.3 is 0 Å². The molecule has 1 aromatic heterocycles. The Hall–Kier alpha value is -1.75.